The highest BCUT2D eigenvalue weighted by Gasteiger charge is 2.33. The van der Waals surface area contributed by atoms with Crippen LogP contribution in [-0.4, -0.2) is 10.9 Å². The van der Waals surface area contributed by atoms with Gasteiger partial charge < -0.3 is 5.32 Å². The number of halogens is 1. The standard InChI is InChI=1S/C22H19ClN2O/c23-19-11-8-18(9-12-19)22(17-6-7-17)25-20(26)13-10-16-4-1-3-15-5-2-14-24-21(15)16/h1-5,8-14,17,22H,6-7H2,(H,25,26)/b13-10+. The third kappa shape index (κ3) is 3.78. The summed E-state index contributed by atoms with van der Waals surface area (Å²) in [5.41, 5.74) is 2.94. The van der Waals surface area contributed by atoms with E-state index in [2.05, 4.69) is 10.3 Å². The second kappa shape index (κ2) is 7.30. The first-order chi connectivity index (χ1) is 12.7. The lowest BCUT2D eigenvalue weighted by Crippen LogP contribution is -2.28. The van der Waals surface area contributed by atoms with Gasteiger partial charge in [0, 0.05) is 28.2 Å². The molecule has 1 saturated carbocycles. The number of hydrogen-bond donors (Lipinski definition) is 1. The molecular formula is C22H19ClN2O. The van der Waals surface area contributed by atoms with Crippen LogP contribution in [0.2, 0.25) is 5.02 Å². The molecule has 1 aliphatic carbocycles. The Morgan fingerprint density at radius 2 is 1.88 bits per heavy atom. The van der Waals surface area contributed by atoms with Crippen molar-refractivity contribution in [3.8, 4) is 0 Å². The molecule has 1 aromatic heterocycles. The van der Waals surface area contributed by atoms with Gasteiger partial charge in [0.15, 0.2) is 0 Å². The van der Waals surface area contributed by atoms with Gasteiger partial charge in [-0.3, -0.25) is 9.78 Å². The van der Waals surface area contributed by atoms with Gasteiger partial charge in [-0.05, 0) is 48.6 Å². The number of benzene rings is 2. The summed E-state index contributed by atoms with van der Waals surface area (Å²) in [5.74, 6) is 0.414. The van der Waals surface area contributed by atoms with Gasteiger partial charge in [0.25, 0.3) is 0 Å². The molecule has 130 valence electrons. The summed E-state index contributed by atoms with van der Waals surface area (Å²) in [6, 6.07) is 17.6. The van der Waals surface area contributed by atoms with Gasteiger partial charge in [-0.15, -0.1) is 0 Å². The lowest BCUT2D eigenvalue weighted by Gasteiger charge is -2.18. The van der Waals surface area contributed by atoms with Crippen LogP contribution in [0, 0.1) is 5.92 Å². The molecule has 2 aromatic carbocycles. The largest absolute Gasteiger partial charge is 0.345 e. The molecule has 3 aromatic rings. The first-order valence-electron chi connectivity index (χ1n) is 8.78. The molecule has 1 amide bonds. The van der Waals surface area contributed by atoms with E-state index in [1.807, 2.05) is 60.7 Å². The highest BCUT2D eigenvalue weighted by molar-refractivity contribution is 6.30. The minimum atomic E-state index is -0.0928. The minimum Gasteiger partial charge on any atom is -0.345 e. The highest BCUT2D eigenvalue weighted by atomic mass is 35.5. The predicted molar refractivity (Wildman–Crippen MR) is 106 cm³/mol. The van der Waals surface area contributed by atoms with Gasteiger partial charge in [-0.2, -0.15) is 0 Å². The van der Waals surface area contributed by atoms with Crippen molar-refractivity contribution in [3.63, 3.8) is 0 Å². The van der Waals surface area contributed by atoms with E-state index in [0.29, 0.717) is 10.9 Å². The van der Waals surface area contributed by atoms with E-state index in [4.69, 9.17) is 11.6 Å². The molecule has 3 nitrogen and oxygen atoms in total. The normalized spacial score (nSPS) is 15.3. The Balaban J connectivity index is 1.51. The summed E-state index contributed by atoms with van der Waals surface area (Å²) >= 11 is 5.98. The van der Waals surface area contributed by atoms with E-state index in [0.717, 1.165) is 34.9 Å². The zero-order valence-electron chi connectivity index (χ0n) is 14.2. The SMILES string of the molecule is O=C(/C=C/c1cccc2cccnc12)NC(c1ccc(Cl)cc1)C1CC1. The van der Waals surface area contributed by atoms with Crippen LogP contribution in [0.3, 0.4) is 0 Å². The average molecular weight is 363 g/mol. The zero-order chi connectivity index (χ0) is 17.9. The van der Waals surface area contributed by atoms with Gasteiger partial charge in [0.2, 0.25) is 5.91 Å². The quantitative estimate of drug-likeness (QED) is 0.636. The number of aromatic nitrogens is 1. The Hall–Kier alpha value is -2.65. The Labute approximate surface area is 157 Å². The van der Waals surface area contributed by atoms with E-state index < -0.39 is 0 Å². The number of nitrogens with zero attached hydrogens (tertiary/aromatic N) is 1. The Morgan fingerprint density at radius 3 is 2.65 bits per heavy atom. The van der Waals surface area contributed by atoms with Gasteiger partial charge >= 0.3 is 0 Å². The summed E-state index contributed by atoms with van der Waals surface area (Å²) in [6.45, 7) is 0. The van der Waals surface area contributed by atoms with Crippen molar-refractivity contribution in [3.05, 3.63) is 83.0 Å². The number of nitrogens with one attached hydrogen (secondary N) is 1. The molecule has 1 N–H and O–H groups in total. The van der Waals surface area contributed by atoms with Crippen LogP contribution in [0.1, 0.15) is 30.0 Å². The van der Waals surface area contributed by atoms with Crippen molar-refractivity contribution in [1.29, 1.82) is 0 Å². The summed E-state index contributed by atoms with van der Waals surface area (Å²) in [5, 5.41) is 4.91. The average Bonchev–Trinajstić information content (AvgIpc) is 3.50. The lowest BCUT2D eigenvalue weighted by atomic mass is 10.0. The van der Waals surface area contributed by atoms with Crippen molar-refractivity contribution in [1.82, 2.24) is 10.3 Å². The van der Waals surface area contributed by atoms with Crippen LogP contribution in [-0.2, 0) is 4.79 Å². The van der Waals surface area contributed by atoms with E-state index in [1.165, 1.54) is 0 Å². The predicted octanol–water partition coefficient (Wildman–Crippen LogP) is 5.17. The summed E-state index contributed by atoms with van der Waals surface area (Å²) in [4.78, 5) is 16.9. The number of fused-ring (bicyclic) bond motifs is 1. The number of rotatable bonds is 5. The summed E-state index contributed by atoms with van der Waals surface area (Å²) < 4.78 is 0. The van der Waals surface area contributed by atoms with Crippen molar-refractivity contribution < 1.29 is 4.79 Å². The van der Waals surface area contributed by atoms with Crippen molar-refractivity contribution in [2.24, 2.45) is 5.92 Å². The minimum absolute atomic E-state index is 0.0371. The Bertz CT molecular complexity index is 956. The molecule has 1 aliphatic rings. The molecule has 26 heavy (non-hydrogen) atoms. The Kier molecular flexibility index (Phi) is 4.72. The van der Waals surface area contributed by atoms with Gasteiger partial charge in [0.05, 0.1) is 11.6 Å². The third-order valence-corrected chi connectivity index (χ3v) is 4.95. The maximum Gasteiger partial charge on any atom is 0.244 e. The molecule has 0 aliphatic heterocycles. The first kappa shape index (κ1) is 16.8. The van der Waals surface area contributed by atoms with Crippen LogP contribution in [0.5, 0.6) is 0 Å². The first-order valence-corrected chi connectivity index (χ1v) is 9.16. The number of para-hydroxylation sites is 1. The van der Waals surface area contributed by atoms with Crippen LogP contribution >= 0.6 is 11.6 Å². The zero-order valence-corrected chi connectivity index (χ0v) is 15.0. The van der Waals surface area contributed by atoms with E-state index in [-0.39, 0.29) is 11.9 Å². The van der Waals surface area contributed by atoms with E-state index >= 15 is 0 Å². The fourth-order valence-electron chi connectivity index (χ4n) is 3.20. The highest BCUT2D eigenvalue weighted by Crippen LogP contribution is 2.41. The molecule has 1 unspecified atom stereocenters. The summed E-state index contributed by atoms with van der Waals surface area (Å²) in [7, 11) is 0. The van der Waals surface area contributed by atoms with Crippen LogP contribution < -0.4 is 5.32 Å². The maximum absolute atomic E-state index is 12.5. The second-order valence-corrected chi connectivity index (χ2v) is 7.07. The van der Waals surface area contributed by atoms with E-state index in [1.54, 1.807) is 12.3 Å². The molecular weight excluding hydrogens is 344 g/mol. The monoisotopic (exact) mass is 362 g/mol. The fourth-order valence-corrected chi connectivity index (χ4v) is 3.33. The molecule has 0 radical (unpaired) electrons. The van der Waals surface area contributed by atoms with E-state index in [9.17, 15) is 4.79 Å². The number of amides is 1. The topological polar surface area (TPSA) is 42.0 Å². The number of carbonyl (C=O) groups excluding carboxylic acids is 1. The second-order valence-electron chi connectivity index (χ2n) is 6.63. The number of pyridine rings is 1. The van der Waals surface area contributed by atoms with Crippen LogP contribution in [0.15, 0.2) is 66.9 Å². The molecule has 1 fully saturated rings. The molecule has 1 atom stereocenters. The molecule has 4 heteroatoms. The Morgan fingerprint density at radius 1 is 1.12 bits per heavy atom. The smallest absolute Gasteiger partial charge is 0.244 e. The number of hydrogen-bond acceptors (Lipinski definition) is 2. The third-order valence-electron chi connectivity index (χ3n) is 4.70. The van der Waals surface area contributed by atoms with Gasteiger partial charge in [-0.1, -0.05) is 48.0 Å². The van der Waals surface area contributed by atoms with Gasteiger partial charge in [-0.25, -0.2) is 0 Å². The molecule has 0 saturated heterocycles. The molecule has 1 heterocycles. The van der Waals surface area contributed by atoms with Crippen molar-refractivity contribution >= 4 is 34.5 Å². The molecule has 0 bridgehead atoms. The van der Waals surface area contributed by atoms with Crippen molar-refractivity contribution in [2.45, 2.75) is 18.9 Å². The summed E-state index contributed by atoms with van der Waals surface area (Å²) in [6.07, 6.45) is 7.48. The number of carbonyl (C=O) groups is 1. The lowest BCUT2D eigenvalue weighted by molar-refractivity contribution is -0.117. The molecule has 0 spiro atoms. The molecule has 4 rings (SSSR count). The van der Waals surface area contributed by atoms with Crippen molar-refractivity contribution in [2.75, 3.05) is 0 Å². The fraction of sp³-hybridized carbons (Fsp3) is 0.182. The van der Waals surface area contributed by atoms with Crippen LogP contribution in [0.25, 0.3) is 17.0 Å². The van der Waals surface area contributed by atoms with Crippen LogP contribution in [0.4, 0.5) is 0 Å². The maximum atomic E-state index is 12.5. The van der Waals surface area contributed by atoms with Gasteiger partial charge in [0.1, 0.15) is 0 Å².